The maximum atomic E-state index is 12.5. The summed E-state index contributed by atoms with van der Waals surface area (Å²) in [5.41, 5.74) is -0.320. The van der Waals surface area contributed by atoms with Crippen LogP contribution in [-0.2, 0) is 20.9 Å². The number of methoxy groups -OCH3 is 1. The predicted octanol–water partition coefficient (Wildman–Crippen LogP) is 4.02. The number of sulfonamides is 1. The van der Waals surface area contributed by atoms with Crippen LogP contribution in [0, 0.1) is 0 Å². The zero-order valence-electron chi connectivity index (χ0n) is 13.0. The van der Waals surface area contributed by atoms with Crippen molar-refractivity contribution in [2.24, 2.45) is 0 Å². The molecule has 0 fully saturated rings. The molecule has 1 N–H and O–H groups in total. The number of rotatable bonds is 6. The Balaban J connectivity index is 2.14. The number of halogens is 4. The Morgan fingerprint density at radius 3 is 2.24 bits per heavy atom. The van der Waals surface area contributed by atoms with Crippen molar-refractivity contribution in [3.8, 4) is 0 Å². The van der Waals surface area contributed by atoms with E-state index in [9.17, 15) is 21.6 Å². The van der Waals surface area contributed by atoms with Crippen LogP contribution in [0.4, 0.5) is 13.2 Å². The number of alkyl halides is 3. The number of ether oxygens (including phenoxy) is 1. The van der Waals surface area contributed by atoms with Crippen molar-refractivity contribution in [3.63, 3.8) is 0 Å². The summed E-state index contributed by atoms with van der Waals surface area (Å²) < 4.78 is 69.7. The molecule has 0 radical (unpaired) electrons. The van der Waals surface area contributed by atoms with Crippen LogP contribution in [0.15, 0.2) is 53.4 Å². The third kappa shape index (κ3) is 4.94. The fraction of sp³-hybridized carbons (Fsp3) is 0.250. The molecule has 2 aromatic carbocycles. The van der Waals surface area contributed by atoms with E-state index in [4.69, 9.17) is 16.3 Å². The number of nitrogens with one attached hydrogen (secondary N) is 1. The standard InChI is InChI=1S/C16H15ClF3NO3S/c1-24-15(13-4-2-3-5-14(13)17)10-21-25(22,23)12-8-6-11(7-9-12)16(18,19)20/h2-9,15,21H,10H2,1H3/t15-/m0/s1. The van der Waals surface area contributed by atoms with Gasteiger partial charge in [0.05, 0.1) is 16.6 Å². The van der Waals surface area contributed by atoms with Crippen molar-refractivity contribution in [1.29, 1.82) is 0 Å². The van der Waals surface area contributed by atoms with Gasteiger partial charge in [-0.1, -0.05) is 29.8 Å². The first-order valence-corrected chi connectivity index (χ1v) is 8.95. The van der Waals surface area contributed by atoms with E-state index in [1.807, 2.05) is 0 Å². The summed E-state index contributed by atoms with van der Waals surface area (Å²) >= 11 is 6.06. The van der Waals surface area contributed by atoms with Gasteiger partial charge in [0.1, 0.15) is 0 Å². The molecule has 136 valence electrons. The number of hydrogen-bond acceptors (Lipinski definition) is 3. The fourth-order valence-corrected chi connectivity index (χ4v) is 3.44. The molecule has 0 aromatic heterocycles. The average Bonchev–Trinajstić information content (AvgIpc) is 2.56. The van der Waals surface area contributed by atoms with E-state index in [0.717, 1.165) is 24.3 Å². The Bertz CT molecular complexity index is 823. The molecule has 0 amide bonds. The van der Waals surface area contributed by atoms with Crippen molar-refractivity contribution < 1.29 is 26.3 Å². The minimum atomic E-state index is -4.53. The van der Waals surface area contributed by atoms with E-state index in [2.05, 4.69) is 4.72 Å². The van der Waals surface area contributed by atoms with E-state index in [-0.39, 0.29) is 11.4 Å². The topological polar surface area (TPSA) is 55.4 Å². The summed E-state index contributed by atoms with van der Waals surface area (Å²) in [6.45, 7) is -0.121. The molecule has 0 saturated heterocycles. The van der Waals surface area contributed by atoms with Crippen molar-refractivity contribution in [1.82, 2.24) is 4.72 Å². The fourth-order valence-electron chi connectivity index (χ4n) is 2.15. The molecular weight excluding hydrogens is 379 g/mol. The molecular formula is C16H15ClF3NO3S. The summed E-state index contributed by atoms with van der Waals surface area (Å²) in [4.78, 5) is -0.269. The Labute approximate surface area is 148 Å². The van der Waals surface area contributed by atoms with Crippen molar-refractivity contribution in [2.45, 2.75) is 17.2 Å². The minimum absolute atomic E-state index is 0.121. The average molecular weight is 394 g/mol. The first-order valence-electron chi connectivity index (χ1n) is 7.09. The highest BCUT2D eigenvalue weighted by Gasteiger charge is 2.30. The van der Waals surface area contributed by atoms with Gasteiger partial charge in [0.2, 0.25) is 10.0 Å². The molecule has 0 spiro atoms. The van der Waals surface area contributed by atoms with Gasteiger partial charge >= 0.3 is 6.18 Å². The van der Waals surface area contributed by atoms with Gasteiger partial charge in [-0.15, -0.1) is 0 Å². The largest absolute Gasteiger partial charge is 0.416 e. The molecule has 0 aliphatic rings. The van der Waals surface area contributed by atoms with Crippen LogP contribution in [0.3, 0.4) is 0 Å². The minimum Gasteiger partial charge on any atom is -0.375 e. The predicted molar refractivity (Wildman–Crippen MR) is 87.8 cm³/mol. The molecule has 9 heteroatoms. The zero-order valence-corrected chi connectivity index (χ0v) is 14.6. The Morgan fingerprint density at radius 1 is 1.12 bits per heavy atom. The molecule has 25 heavy (non-hydrogen) atoms. The molecule has 0 heterocycles. The molecule has 0 unspecified atom stereocenters. The van der Waals surface area contributed by atoms with Crippen LogP contribution < -0.4 is 4.72 Å². The lowest BCUT2D eigenvalue weighted by Gasteiger charge is -2.18. The zero-order chi connectivity index (χ0) is 18.7. The number of benzene rings is 2. The van der Waals surface area contributed by atoms with E-state index >= 15 is 0 Å². The van der Waals surface area contributed by atoms with Crippen LogP contribution in [0.1, 0.15) is 17.2 Å². The maximum absolute atomic E-state index is 12.5. The summed E-state index contributed by atoms with van der Waals surface area (Å²) in [5, 5.41) is 0.420. The second kappa shape index (κ2) is 7.74. The van der Waals surface area contributed by atoms with Gasteiger partial charge in [0.15, 0.2) is 0 Å². The smallest absolute Gasteiger partial charge is 0.375 e. The van der Waals surface area contributed by atoms with Crippen LogP contribution >= 0.6 is 11.6 Å². The molecule has 2 rings (SSSR count). The molecule has 2 aromatic rings. The first-order chi connectivity index (χ1) is 11.6. The van der Waals surface area contributed by atoms with Crippen LogP contribution in [0.2, 0.25) is 5.02 Å². The van der Waals surface area contributed by atoms with Gasteiger partial charge < -0.3 is 4.74 Å². The lowest BCUT2D eigenvalue weighted by molar-refractivity contribution is -0.137. The molecule has 1 atom stereocenters. The second-order valence-corrected chi connectivity index (χ2v) is 7.29. The lowest BCUT2D eigenvalue weighted by atomic mass is 10.1. The van der Waals surface area contributed by atoms with Crippen LogP contribution in [0.25, 0.3) is 0 Å². The third-order valence-electron chi connectivity index (χ3n) is 3.49. The van der Waals surface area contributed by atoms with E-state index < -0.39 is 27.9 Å². The van der Waals surface area contributed by atoms with Gasteiger partial charge in [-0.05, 0) is 30.3 Å². The maximum Gasteiger partial charge on any atom is 0.416 e. The van der Waals surface area contributed by atoms with Gasteiger partial charge in [0, 0.05) is 24.2 Å². The molecule has 0 bridgehead atoms. The summed E-state index contributed by atoms with van der Waals surface area (Å²) in [6, 6.07) is 10.1. The highest BCUT2D eigenvalue weighted by atomic mass is 35.5. The van der Waals surface area contributed by atoms with E-state index in [1.54, 1.807) is 24.3 Å². The molecule has 0 aliphatic heterocycles. The quantitative estimate of drug-likeness (QED) is 0.806. The summed E-state index contributed by atoms with van der Waals surface area (Å²) in [6.07, 6.45) is -5.17. The third-order valence-corrected chi connectivity index (χ3v) is 5.27. The highest BCUT2D eigenvalue weighted by Crippen LogP contribution is 2.30. The lowest BCUT2D eigenvalue weighted by Crippen LogP contribution is -2.29. The molecule has 0 saturated carbocycles. The van der Waals surface area contributed by atoms with E-state index in [0.29, 0.717) is 10.6 Å². The van der Waals surface area contributed by atoms with Gasteiger partial charge in [-0.3, -0.25) is 0 Å². The van der Waals surface area contributed by atoms with Crippen molar-refractivity contribution in [3.05, 3.63) is 64.7 Å². The van der Waals surface area contributed by atoms with Crippen molar-refractivity contribution >= 4 is 21.6 Å². The van der Waals surface area contributed by atoms with Gasteiger partial charge in [-0.2, -0.15) is 13.2 Å². The first kappa shape index (κ1) is 19.7. The number of hydrogen-bond donors (Lipinski definition) is 1. The normalized spacial score (nSPS) is 13.6. The van der Waals surface area contributed by atoms with Gasteiger partial charge in [0.25, 0.3) is 0 Å². The Morgan fingerprint density at radius 2 is 1.72 bits per heavy atom. The SMILES string of the molecule is CO[C@@H](CNS(=O)(=O)c1ccc(C(F)(F)F)cc1)c1ccccc1Cl. The highest BCUT2D eigenvalue weighted by molar-refractivity contribution is 7.89. The Hall–Kier alpha value is -1.61. The monoisotopic (exact) mass is 393 g/mol. The van der Waals surface area contributed by atoms with Crippen LogP contribution in [0.5, 0.6) is 0 Å². The summed E-state index contributed by atoms with van der Waals surface area (Å²) in [5.74, 6) is 0. The Kier molecular flexibility index (Phi) is 6.10. The summed E-state index contributed by atoms with van der Waals surface area (Å²) in [7, 11) is -2.59. The second-order valence-electron chi connectivity index (χ2n) is 5.12. The van der Waals surface area contributed by atoms with E-state index in [1.165, 1.54) is 7.11 Å². The van der Waals surface area contributed by atoms with Crippen molar-refractivity contribution in [2.75, 3.05) is 13.7 Å². The van der Waals surface area contributed by atoms with Gasteiger partial charge in [-0.25, -0.2) is 13.1 Å². The van der Waals surface area contributed by atoms with Crippen LogP contribution in [-0.4, -0.2) is 22.1 Å². The molecule has 4 nitrogen and oxygen atoms in total. The molecule has 0 aliphatic carbocycles.